The number of nitrogens with one attached hydrogen (secondary N) is 2. The van der Waals surface area contributed by atoms with Crippen LogP contribution in [0.25, 0.3) is 0 Å². The van der Waals surface area contributed by atoms with Crippen molar-refractivity contribution < 1.29 is 4.79 Å². The van der Waals surface area contributed by atoms with E-state index in [1.807, 2.05) is 6.20 Å². The number of nitrogens with zero attached hydrogens (tertiary/aromatic N) is 4. The normalized spacial score (nSPS) is 18.2. The fourth-order valence-corrected chi connectivity index (χ4v) is 4.34. The van der Waals surface area contributed by atoms with Crippen molar-refractivity contribution >= 4 is 41.7 Å². The van der Waals surface area contributed by atoms with Gasteiger partial charge in [-0.2, -0.15) is 0 Å². The number of guanidine groups is 1. The number of hydrogen-bond donors (Lipinski definition) is 2. The van der Waals surface area contributed by atoms with Gasteiger partial charge in [-0.15, -0.1) is 24.0 Å². The van der Waals surface area contributed by atoms with E-state index in [9.17, 15) is 4.79 Å². The molecule has 0 saturated carbocycles. The quantitative estimate of drug-likeness (QED) is 0.328. The molecule has 174 valence electrons. The van der Waals surface area contributed by atoms with Crippen LogP contribution in [0.3, 0.4) is 0 Å². The van der Waals surface area contributed by atoms with Gasteiger partial charge in [0.25, 0.3) is 0 Å². The second-order valence-electron chi connectivity index (χ2n) is 8.40. The Hall–Kier alpha value is -1.58. The maximum atomic E-state index is 11.6. The number of hydrogen-bond acceptors (Lipinski definition) is 4. The highest BCUT2D eigenvalue weighted by molar-refractivity contribution is 14.0. The predicted molar refractivity (Wildman–Crippen MR) is 138 cm³/mol. The molecular formula is C23H39IN6O. The average molecular weight is 543 g/mol. The Balaban J connectivity index is 0.00000341. The molecule has 2 saturated heterocycles. The maximum Gasteiger partial charge on any atom is 0.220 e. The van der Waals surface area contributed by atoms with E-state index >= 15 is 0 Å². The Kier molecular flexibility index (Phi) is 11.4. The number of aromatic nitrogens is 1. The third kappa shape index (κ3) is 8.12. The molecule has 2 aliphatic rings. The van der Waals surface area contributed by atoms with Crippen LogP contribution in [-0.2, 0) is 11.3 Å². The van der Waals surface area contributed by atoms with E-state index in [1.165, 1.54) is 31.2 Å². The molecule has 2 fully saturated rings. The van der Waals surface area contributed by atoms with Gasteiger partial charge in [0.15, 0.2) is 5.96 Å². The first-order valence-corrected chi connectivity index (χ1v) is 11.6. The number of likely N-dealkylation sites (tertiary alicyclic amines) is 1. The van der Waals surface area contributed by atoms with E-state index in [0.29, 0.717) is 18.9 Å². The van der Waals surface area contributed by atoms with Gasteiger partial charge < -0.3 is 20.4 Å². The fraction of sp³-hybridized carbons (Fsp3) is 0.696. The Labute approximate surface area is 204 Å². The summed E-state index contributed by atoms with van der Waals surface area (Å²) >= 11 is 0. The maximum absolute atomic E-state index is 11.6. The number of rotatable bonds is 6. The molecule has 1 aromatic heterocycles. The molecule has 3 rings (SSSR count). The van der Waals surface area contributed by atoms with E-state index < -0.39 is 0 Å². The van der Waals surface area contributed by atoms with Crippen LogP contribution in [0.15, 0.2) is 23.3 Å². The predicted octanol–water partition coefficient (Wildman–Crippen LogP) is 3.39. The van der Waals surface area contributed by atoms with Crippen molar-refractivity contribution in [2.75, 3.05) is 44.7 Å². The van der Waals surface area contributed by atoms with Gasteiger partial charge in [-0.25, -0.2) is 9.98 Å². The van der Waals surface area contributed by atoms with Crippen LogP contribution in [0.2, 0.25) is 0 Å². The number of carbonyl (C=O) groups excluding carboxylic acids is 1. The summed E-state index contributed by atoms with van der Waals surface area (Å²) in [6, 6.07) is 4.28. The first kappa shape index (κ1) is 25.7. The summed E-state index contributed by atoms with van der Waals surface area (Å²) in [4.78, 5) is 25.9. The van der Waals surface area contributed by atoms with Crippen LogP contribution in [0.1, 0.15) is 57.4 Å². The molecule has 2 N–H and O–H groups in total. The number of anilines is 1. The standard InChI is InChI=1S/C23H38N6O.HI/c1-3-25-23(29-14-9-19(10-15-29)17-22(30)24-2)27-18-20-8-11-26-21(16-20)28-12-6-4-5-7-13-28;/h8,11,16,19H,3-7,9-10,12-15,17-18H2,1-2H3,(H,24,30)(H,25,27);1H. The topological polar surface area (TPSA) is 72.9 Å². The molecule has 0 aliphatic carbocycles. The molecule has 0 radical (unpaired) electrons. The van der Waals surface area contributed by atoms with E-state index in [1.54, 1.807) is 7.05 Å². The summed E-state index contributed by atoms with van der Waals surface area (Å²) in [6.07, 6.45) is 9.78. The highest BCUT2D eigenvalue weighted by Gasteiger charge is 2.23. The van der Waals surface area contributed by atoms with Crippen LogP contribution < -0.4 is 15.5 Å². The monoisotopic (exact) mass is 542 g/mol. The molecule has 1 amide bonds. The lowest BCUT2D eigenvalue weighted by atomic mass is 9.93. The zero-order valence-electron chi connectivity index (χ0n) is 19.1. The average Bonchev–Trinajstić information content (AvgIpc) is 3.07. The largest absolute Gasteiger partial charge is 0.359 e. The first-order chi connectivity index (χ1) is 14.7. The lowest BCUT2D eigenvalue weighted by Gasteiger charge is -2.34. The van der Waals surface area contributed by atoms with Gasteiger partial charge in [0.05, 0.1) is 6.54 Å². The zero-order valence-corrected chi connectivity index (χ0v) is 21.4. The second-order valence-corrected chi connectivity index (χ2v) is 8.40. The Morgan fingerprint density at radius 2 is 1.87 bits per heavy atom. The van der Waals surface area contributed by atoms with Gasteiger partial charge in [0, 0.05) is 52.4 Å². The molecular weight excluding hydrogens is 503 g/mol. The Morgan fingerprint density at radius 3 is 2.52 bits per heavy atom. The smallest absolute Gasteiger partial charge is 0.220 e. The van der Waals surface area contributed by atoms with Crippen molar-refractivity contribution in [1.82, 2.24) is 20.5 Å². The molecule has 7 nitrogen and oxygen atoms in total. The zero-order chi connectivity index (χ0) is 21.2. The number of aliphatic imine (C=N–C) groups is 1. The molecule has 0 spiro atoms. The summed E-state index contributed by atoms with van der Waals surface area (Å²) in [5, 5.41) is 6.19. The van der Waals surface area contributed by atoms with Crippen molar-refractivity contribution in [3.05, 3.63) is 23.9 Å². The molecule has 3 heterocycles. The van der Waals surface area contributed by atoms with Crippen LogP contribution in [-0.4, -0.2) is 61.5 Å². The van der Waals surface area contributed by atoms with Crippen LogP contribution >= 0.6 is 24.0 Å². The van der Waals surface area contributed by atoms with Crippen LogP contribution in [0, 0.1) is 5.92 Å². The summed E-state index contributed by atoms with van der Waals surface area (Å²) < 4.78 is 0. The van der Waals surface area contributed by atoms with Crippen molar-refractivity contribution in [2.24, 2.45) is 10.9 Å². The van der Waals surface area contributed by atoms with E-state index in [4.69, 9.17) is 4.99 Å². The van der Waals surface area contributed by atoms with Gasteiger partial charge >= 0.3 is 0 Å². The van der Waals surface area contributed by atoms with Crippen molar-refractivity contribution in [2.45, 2.75) is 58.4 Å². The van der Waals surface area contributed by atoms with Crippen LogP contribution in [0.5, 0.6) is 0 Å². The number of halogens is 1. The van der Waals surface area contributed by atoms with E-state index in [0.717, 1.165) is 57.3 Å². The van der Waals surface area contributed by atoms with Gasteiger partial charge in [0.2, 0.25) is 5.91 Å². The molecule has 0 bridgehead atoms. The van der Waals surface area contributed by atoms with Crippen molar-refractivity contribution in [3.8, 4) is 0 Å². The van der Waals surface area contributed by atoms with E-state index in [2.05, 4.69) is 44.5 Å². The third-order valence-electron chi connectivity index (χ3n) is 6.15. The summed E-state index contributed by atoms with van der Waals surface area (Å²) in [5.74, 6) is 2.68. The van der Waals surface area contributed by atoms with Crippen molar-refractivity contribution in [3.63, 3.8) is 0 Å². The lowest BCUT2D eigenvalue weighted by Crippen LogP contribution is -2.46. The number of amides is 1. The van der Waals surface area contributed by atoms with Crippen molar-refractivity contribution in [1.29, 1.82) is 0 Å². The minimum atomic E-state index is 0. The van der Waals surface area contributed by atoms with Gasteiger partial charge in [0.1, 0.15) is 5.82 Å². The Bertz CT molecular complexity index is 697. The molecule has 0 aromatic carbocycles. The molecule has 0 unspecified atom stereocenters. The SMILES string of the molecule is CCNC(=NCc1ccnc(N2CCCCCC2)c1)N1CCC(CC(=O)NC)CC1.I. The molecule has 31 heavy (non-hydrogen) atoms. The molecule has 2 aliphatic heterocycles. The highest BCUT2D eigenvalue weighted by Crippen LogP contribution is 2.21. The fourth-order valence-electron chi connectivity index (χ4n) is 4.34. The van der Waals surface area contributed by atoms with Gasteiger partial charge in [-0.05, 0) is 56.2 Å². The van der Waals surface area contributed by atoms with Gasteiger partial charge in [-0.3, -0.25) is 4.79 Å². The minimum absolute atomic E-state index is 0. The molecule has 8 heteroatoms. The number of carbonyl (C=O) groups is 1. The minimum Gasteiger partial charge on any atom is -0.359 e. The number of pyridine rings is 1. The summed E-state index contributed by atoms with van der Waals surface area (Å²) in [7, 11) is 1.71. The summed E-state index contributed by atoms with van der Waals surface area (Å²) in [5.41, 5.74) is 1.20. The van der Waals surface area contributed by atoms with E-state index in [-0.39, 0.29) is 29.9 Å². The molecule has 0 atom stereocenters. The second kappa shape index (κ2) is 13.8. The Morgan fingerprint density at radius 1 is 1.16 bits per heavy atom. The highest BCUT2D eigenvalue weighted by atomic mass is 127. The summed E-state index contributed by atoms with van der Waals surface area (Å²) in [6.45, 7) is 7.72. The van der Waals surface area contributed by atoms with Gasteiger partial charge in [-0.1, -0.05) is 12.8 Å². The first-order valence-electron chi connectivity index (χ1n) is 11.6. The third-order valence-corrected chi connectivity index (χ3v) is 6.15. The number of piperidine rings is 1. The molecule has 1 aromatic rings. The van der Waals surface area contributed by atoms with Crippen LogP contribution in [0.4, 0.5) is 5.82 Å². The lowest BCUT2D eigenvalue weighted by molar-refractivity contribution is -0.121.